The molecule has 36 heavy (non-hydrogen) atoms. The first-order valence-electron chi connectivity index (χ1n) is 11.6. The minimum absolute atomic E-state index is 0.0348. The Morgan fingerprint density at radius 3 is 2.58 bits per heavy atom. The van der Waals surface area contributed by atoms with Crippen molar-refractivity contribution in [3.63, 3.8) is 0 Å². The summed E-state index contributed by atoms with van der Waals surface area (Å²) in [6.07, 6.45) is 0.696. The zero-order valence-corrected chi connectivity index (χ0v) is 20.2. The Bertz CT molecular complexity index is 1640. The van der Waals surface area contributed by atoms with Crippen LogP contribution >= 0.6 is 11.3 Å². The lowest BCUT2D eigenvalue weighted by Gasteiger charge is -2.22. The molecule has 0 saturated carbocycles. The van der Waals surface area contributed by atoms with Gasteiger partial charge < -0.3 is 9.15 Å². The van der Waals surface area contributed by atoms with Gasteiger partial charge in [0, 0.05) is 0 Å². The molecule has 0 radical (unpaired) electrons. The lowest BCUT2D eigenvalue weighted by atomic mass is 9.98. The van der Waals surface area contributed by atoms with Crippen molar-refractivity contribution in [1.29, 1.82) is 0 Å². The summed E-state index contributed by atoms with van der Waals surface area (Å²) in [5, 5.41) is 10.1. The predicted molar refractivity (Wildman–Crippen MR) is 138 cm³/mol. The van der Waals surface area contributed by atoms with Crippen LogP contribution in [0.25, 0.3) is 11.0 Å². The molecule has 1 amide bonds. The fourth-order valence-electron chi connectivity index (χ4n) is 4.43. The molecule has 7 nitrogen and oxygen atoms in total. The van der Waals surface area contributed by atoms with E-state index in [4.69, 9.17) is 9.15 Å². The second-order valence-electron chi connectivity index (χ2n) is 8.43. The molecular formula is C28H21N3O4S. The van der Waals surface area contributed by atoms with Gasteiger partial charge in [0.25, 0.3) is 5.91 Å². The number of fused-ring (bicyclic) bond motifs is 2. The third kappa shape index (κ3) is 3.76. The zero-order chi connectivity index (χ0) is 24.6. The van der Waals surface area contributed by atoms with Gasteiger partial charge in [-0.15, -0.1) is 10.2 Å². The van der Waals surface area contributed by atoms with Gasteiger partial charge in [0.05, 0.1) is 17.0 Å². The molecule has 6 rings (SSSR count). The molecule has 0 fully saturated rings. The quantitative estimate of drug-likeness (QED) is 0.308. The van der Waals surface area contributed by atoms with E-state index < -0.39 is 11.9 Å². The van der Waals surface area contributed by atoms with Crippen LogP contribution < -0.4 is 15.1 Å². The average Bonchev–Trinajstić information content (AvgIpc) is 3.51. The Labute approximate surface area is 210 Å². The summed E-state index contributed by atoms with van der Waals surface area (Å²) in [7, 11) is 0. The number of carbonyl (C=O) groups excluding carboxylic acids is 1. The number of anilines is 1. The molecule has 2 aromatic heterocycles. The van der Waals surface area contributed by atoms with Gasteiger partial charge in [-0.2, -0.15) is 0 Å². The van der Waals surface area contributed by atoms with Gasteiger partial charge in [0.1, 0.15) is 22.9 Å². The van der Waals surface area contributed by atoms with Gasteiger partial charge in [0.2, 0.25) is 10.9 Å². The third-order valence-electron chi connectivity index (χ3n) is 6.16. The fourth-order valence-corrected chi connectivity index (χ4v) is 5.24. The minimum atomic E-state index is -0.716. The van der Waals surface area contributed by atoms with E-state index in [9.17, 15) is 9.59 Å². The molecule has 3 aromatic carbocycles. The van der Waals surface area contributed by atoms with Crippen LogP contribution in [0.2, 0.25) is 0 Å². The number of carbonyl (C=O) groups is 1. The highest BCUT2D eigenvalue weighted by atomic mass is 32.1. The van der Waals surface area contributed by atoms with Gasteiger partial charge in [-0.05, 0) is 41.8 Å². The van der Waals surface area contributed by atoms with Gasteiger partial charge in [-0.3, -0.25) is 14.5 Å². The SMILES string of the molecule is CCc1nnc(N2C(=O)c3oc4ccccc4c(=O)c3C2c2cccc(OCc3ccccc3)c2)s1. The third-order valence-corrected chi connectivity index (χ3v) is 7.23. The van der Waals surface area contributed by atoms with Crippen LogP contribution in [0.1, 0.15) is 45.2 Å². The van der Waals surface area contributed by atoms with E-state index in [0.29, 0.717) is 40.4 Å². The second kappa shape index (κ2) is 9.05. The normalized spacial score (nSPS) is 14.9. The highest BCUT2D eigenvalue weighted by Gasteiger charge is 2.45. The van der Waals surface area contributed by atoms with E-state index in [1.807, 2.05) is 61.5 Å². The first kappa shape index (κ1) is 22.2. The Morgan fingerprint density at radius 1 is 0.972 bits per heavy atom. The summed E-state index contributed by atoms with van der Waals surface area (Å²) in [5.74, 6) is 0.258. The Hall–Kier alpha value is -4.30. The van der Waals surface area contributed by atoms with Gasteiger partial charge in [-0.25, -0.2) is 0 Å². The number of ether oxygens (including phenoxy) is 1. The first-order valence-corrected chi connectivity index (χ1v) is 12.4. The Morgan fingerprint density at radius 2 is 1.78 bits per heavy atom. The molecule has 0 bridgehead atoms. The topological polar surface area (TPSA) is 85.5 Å². The largest absolute Gasteiger partial charge is 0.489 e. The van der Waals surface area contributed by atoms with E-state index in [2.05, 4.69) is 10.2 Å². The molecule has 3 heterocycles. The van der Waals surface area contributed by atoms with Crippen LogP contribution in [0.15, 0.2) is 88.1 Å². The highest BCUT2D eigenvalue weighted by molar-refractivity contribution is 7.15. The summed E-state index contributed by atoms with van der Waals surface area (Å²) in [6, 6.07) is 23.6. The van der Waals surface area contributed by atoms with E-state index in [-0.39, 0.29) is 11.2 Å². The van der Waals surface area contributed by atoms with E-state index in [0.717, 1.165) is 16.1 Å². The van der Waals surface area contributed by atoms with Crippen molar-refractivity contribution in [1.82, 2.24) is 10.2 Å². The highest BCUT2D eigenvalue weighted by Crippen LogP contribution is 2.42. The van der Waals surface area contributed by atoms with Crippen molar-refractivity contribution in [3.8, 4) is 5.75 Å². The molecule has 0 aliphatic carbocycles. The minimum Gasteiger partial charge on any atom is -0.489 e. The van der Waals surface area contributed by atoms with Crippen LogP contribution in [0.4, 0.5) is 5.13 Å². The summed E-state index contributed by atoms with van der Waals surface area (Å²) in [4.78, 5) is 28.9. The number of benzene rings is 3. The summed E-state index contributed by atoms with van der Waals surface area (Å²) < 4.78 is 12.0. The lowest BCUT2D eigenvalue weighted by molar-refractivity contribution is 0.0970. The van der Waals surface area contributed by atoms with Crippen LogP contribution in [-0.4, -0.2) is 16.1 Å². The van der Waals surface area contributed by atoms with Crippen molar-refractivity contribution in [2.45, 2.75) is 26.0 Å². The fraction of sp³-hybridized carbons (Fsp3) is 0.143. The molecule has 1 aliphatic heterocycles. The summed E-state index contributed by atoms with van der Waals surface area (Å²) in [5.41, 5.74) is 2.21. The molecule has 178 valence electrons. The molecule has 0 spiro atoms. The van der Waals surface area contributed by atoms with Crippen LogP contribution in [-0.2, 0) is 13.0 Å². The Balaban J connectivity index is 1.48. The average molecular weight is 496 g/mol. The number of hydrogen-bond acceptors (Lipinski definition) is 7. The number of amides is 1. The number of hydrogen-bond donors (Lipinski definition) is 0. The van der Waals surface area contributed by atoms with E-state index in [1.54, 1.807) is 24.3 Å². The van der Waals surface area contributed by atoms with Crippen molar-refractivity contribution in [2.75, 3.05) is 4.90 Å². The molecule has 5 aromatic rings. The van der Waals surface area contributed by atoms with E-state index in [1.165, 1.54) is 16.2 Å². The van der Waals surface area contributed by atoms with E-state index >= 15 is 0 Å². The number of nitrogens with zero attached hydrogens (tertiary/aromatic N) is 3. The molecular weight excluding hydrogens is 474 g/mol. The molecule has 0 N–H and O–H groups in total. The lowest BCUT2D eigenvalue weighted by Crippen LogP contribution is -2.29. The molecule has 1 aliphatic rings. The van der Waals surface area contributed by atoms with Gasteiger partial charge in [0.15, 0.2) is 5.43 Å². The van der Waals surface area contributed by atoms with Crippen molar-refractivity contribution < 1.29 is 13.9 Å². The number of aromatic nitrogens is 2. The van der Waals surface area contributed by atoms with Crippen molar-refractivity contribution in [3.05, 3.63) is 117 Å². The Kier molecular flexibility index (Phi) is 5.58. The van der Waals surface area contributed by atoms with Crippen LogP contribution in [0.3, 0.4) is 0 Å². The smallest absolute Gasteiger partial charge is 0.297 e. The maximum Gasteiger partial charge on any atom is 0.297 e. The van der Waals surface area contributed by atoms with Crippen LogP contribution in [0.5, 0.6) is 5.75 Å². The second-order valence-corrected chi connectivity index (χ2v) is 9.47. The summed E-state index contributed by atoms with van der Waals surface area (Å²) >= 11 is 1.33. The number of rotatable bonds is 6. The molecule has 0 saturated heterocycles. The van der Waals surface area contributed by atoms with Crippen LogP contribution in [0, 0.1) is 0 Å². The maximum atomic E-state index is 13.7. The molecule has 1 unspecified atom stereocenters. The van der Waals surface area contributed by atoms with Crippen molar-refractivity contribution in [2.24, 2.45) is 0 Å². The summed E-state index contributed by atoms with van der Waals surface area (Å²) in [6.45, 7) is 2.38. The maximum absolute atomic E-state index is 13.7. The monoisotopic (exact) mass is 495 g/mol. The number of aryl methyl sites for hydroxylation is 1. The predicted octanol–water partition coefficient (Wildman–Crippen LogP) is 5.54. The zero-order valence-electron chi connectivity index (χ0n) is 19.4. The van der Waals surface area contributed by atoms with Gasteiger partial charge >= 0.3 is 0 Å². The first-order chi connectivity index (χ1) is 17.6. The molecule has 1 atom stereocenters. The molecule has 8 heteroatoms. The number of para-hydroxylation sites is 1. The van der Waals surface area contributed by atoms with Gasteiger partial charge in [-0.1, -0.05) is 72.9 Å². The van der Waals surface area contributed by atoms with Crippen molar-refractivity contribution >= 4 is 33.3 Å². The standard InChI is InChI=1S/C28H21N3O4S/c1-2-22-29-30-28(36-22)31-24(18-11-8-12-19(15-18)34-16-17-9-4-3-5-10-17)23-25(32)20-13-6-7-14-21(20)35-26(23)27(31)33/h3-15,24H,2,16H2,1H3.